The Labute approximate surface area is 185 Å². The van der Waals surface area contributed by atoms with E-state index < -0.39 is 14.9 Å². The molecule has 9 nitrogen and oxygen atoms in total. The summed E-state index contributed by atoms with van der Waals surface area (Å²) in [7, 11) is -2.80. The van der Waals surface area contributed by atoms with Crippen molar-refractivity contribution in [1.82, 2.24) is 0 Å². The van der Waals surface area contributed by atoms with E-state index in [0.29, 0.717) is 11.5 Å². The molecule has 0 amide bonds. The minimum atomic E-state index is -4.22. The topological polar surface area (TPSA) is 123 Å². The number of non-ortho nitro benzene ring substituents is 1. The number of sulfonamides is 1. The molecule has 0 aromatic heterocycles. The molecule has 3 aromatic rings. The Balaban J connectivity index is 2.00. The third kappa shape index (κ3) is 5.22. The molecule has 0 atom stereocenters. The van der Waals surface area contributed by atoms with E-state index in [1.807, 2.05) is 31.2 Å². The minimum absolute atomic E-state index is 0.0875. The summed E-state index contributed by atoms with van der Waals surface area (Å²) < 4.78 is 33.9. The van der Waals surface area contributed by atoms with Gasteiger partial charge in [-0.3, -0.25) is 20.3 Å². The van der Waals surface area contributed by atoms with Crippen LogP contribution >= 0.6 is 0 Å². The molecule has 3 rings (SSSR count). The van der Waals surface area contributed by atoms with Gasteiger partial charge in [-0.05, 0) is 37.6 Å². The highest BCUT2D eigenvalue weighted by atomic mass is 32.2. The van der Waals surface area contributed by atoms with Gasteiger partial charge in [-0.15, -0.1) is 0 Å². The second kappa shape index (κ2) is 9.48. The molecule has 0 aliphatic rings. The number of hydrazone groups is 1. The fraction of sp³-hybridized carbons (Fsp3) is 0.136. The molecule has 0 saturated heterocycles. The predicted octanol–water partition coefficient (Wildman–Crippen LogP) is 4.55. The molecular formula is C22H22N4O5S. The first kappa shape index (κ1) is 22.8. The fourth-order valence-electron chi connectivity index (χ4n) is 2.87. The van der Waals surface area contributed by atoms with E-state index in [4.69, 9.17) is 4.74 Å². The Bertz CT molecular complexity index is 1270. The standard InChI is InChI=1S/C22H22N4O5S/c1-15-8-10-17(11-9-15)16(2)23-24-20-13-12-18(26(27)28)14-22(20)32(29,30)25-19-6-4-5-7-21(19)31-3/h4-14,24-25H,1-3H3. The van der Waals surface area contributed by atoms with Crippen molar-refractivity contribution in [2.45, 2.75) is 18.7 Å². The van der Waals surface area contributed by atoms with Crippen LogP contribution in [0.15, 0.2) is 76.7 Å². The second-order valence-electron chi connectivity index (χ2n) is 6.92. The summed E-state index contributed by atoms with van der Waals surface area (Å²) in [6.07, 6.45) is 0. The van der Waals surface area contributed by atoms with Crippen molar-refractivity contribution >= 4 is 32.8 Å². The van der Waals surface area contributed by atoms with Crippen molar-refractivity contribution in [3.63, 3.8) is 0 Å². The molecule has 166 valence electrons. The predicted molar refractivity (Wildman–Crippen MR) is 124 cm³/mol. The maximum absolute atomic E-state index is 13.1. The molecular weight excluding hydrogens is 432 g/mol. The number of para-hydroxylation sites is 2. The molecule has 2 N–H and O–H groups in total. The number of aryl methyl sites for hydroxylation is 1. The molecule has 0 heterocycles. The second-order valence-corrected chi connectivity index (χ2v) is 8.57. The number of nitro groups is 1. The number of nitrogens with one attached hydrogen (secondary N) is 2. The highest BCUT2D eigenvalue weighted by Crippen LogP contribution is 2.31. The van der Waals surface area contributed by atoms with Gasteiger partial charge in [0.1, 0.15) is 10.6 Å². The average molecular weight is 455 g/mol. The molecule has 0 radical (unpaired) electrons. The monoisotopic (exact) mass is 454 g/mol. The number of hydrogen-bond donors (Lipinski definition) is 2. The van der Waals surface area contributed by atoms with Gasteiger partial charge < -0.3 is 4.74 Å². The molecule has 0 aliphatic heterocycles. The van der Waals surface area contributed by atoms with Gasteiger partial charge in [-0.25, -0.2) is 8.42 Å². The largest absolute Gasteiger partial charge is 0.495 e. The van der Waals surface area contributed by atoms with Crippen LogP contribution in [0, 0.1) is 17.0 Å². The molecule has 0 spiro atoms. The molecule has 0 aliphatic carbocycles. The van der Waals surface area contributed by atoms with Crippen molar-refractivity contribution in [2.75, 3.05) is 17.3 Å². The first-order valence-electron chi connectivity index (χ1n) is 9.53. The summed E-state index contributed by atoms with van der Waals surface area (Å²) in [5.74, 6) is 0.309. The Kier molecular flexibility index (Phi) is 6.74. The number of methoxy groups -OCH3 is 1. The maximum atomic E-state index is 13.1. The lowest BCUT2D eigenvalue weighted by Crippen LogP contribution is -2.16. The van der Waals surface area contributed by atoms with Crippen LogP contribution in [0.1, 0.15) is 18.1 Å². The minimum Gasteiger partial charge on any atom is -0.495 e. The van der Waals surface area contributed by atoms with E-state index in [2.05, 4.69) is 15.2 Å². The summed E-state index contributed by atoms with van der Waals surface area (Å²) >= 11 is 0. The Morgan fingerprint density at radius 1 is 1.03 bits per heavy atom. The van der Waals surface area contributed by atoms with Crippen LogP contribution in [0.4, 0.5) is 17.1 Å². The Hall–Kier alpha value is -3.92. The number of anilines is 2. The normalized spacial score (nSPS) is 11.7. The van der Waals surface area contributed by atoms with Crippen molar-refractivity contribution in [2.24, 2.45) is 5.10 Å². The average Bonchev–Trinajstić information content (AvgIpc) is 2.77. The third-order valence-electron chi connectivity index (χ3n) is 4.63. The van der Waals surface area contributed by atoms with Gasteiger partial charge in [0.2, 0.25) is 0 Å². The molecule has 0 unspecified atom stereocenters. The van der Waals surface area contributed by atoms with Crippen molar-refractivity contribution in [3.05, 3.63) is 88.0 Å². The van der Waals surface area contributed by atoms with Crippen LogP contribution in [-0.2, 0) is 10.0 Å². The molecule has 0 fully saturated rings. The van der Waals surface area contributed by atoms with Gasteiger partial charge in [-0.1, -0.05) is 42.0 Å². The van der Waals surface area contributed by atoms with Crippen LogP contribution in [0.2, 0.25) is 0 Å². The van der Waals surface area contributed by atoms with Crippen molar-refractivity contribution in [1.29, 1.82) is 0 Å². The Morgan fingerprint density at radius 3 is 2.38 bits per heavy atom. The number of nitro benzene ring substituents is 1. The summed E-state index contributed by atoms with van der Waals surface area (Å²) in [6.45, 7) is 3.74. The summed E-state index contributed by atoms with van der Waals surface area (Å²) in [4.78, 5) is 10.3. The number of nitrogens with zero attached hydrogens (tertiary/aromatic N) is 2. The number of rotatable bonds is 8. The maximum Gasteiger partial charge on any atom is 0.270 e. The number of hydrogen-bond acceptors (Lipinski definition) is 7. The fourth-order valence-corrected chi connectivity index (χ4v) is 4.12. The SMILES string of the molecule is COc1ccccc1NS(=O)(=O)c1cc([N+](=O)[O-])ccc1NN=C(C)c1ccc(C)cc1. The van der Waals surface area contributed by atoms with E-state index in [9.17, 15) is 18.5 Å². The van der Waals surface area contributed by atoms with Crippen molar-refractivity contribution in [3.8, 4) is 5.75 Å². The quantitative estimate of drug-likeness (QED) is 0.292. The van der Waals surface area contributed by atoms with E-state index >= 15 is 0 Å². The van der Waals surface area contributed by atoms with E-state index in [0.717, 1.165) is 17.2 Å². The molecule has 3 aromatic carbocycles. The van der Waals surface area contributed by atoms with Crippen LogP contribution in [-0.4, -0.2) is 26.2 Å². The van der Waals surface area contributed by atoms with Crippen molar-refractivity contribution < 1.29 is 18.1 Å². The first-order valence-corrected chi connectivity index (χ1v) is 11.0. The van der Waals surface area contributed by atoms with Gasteiger partial charge in [0.05, 0.1) is 29.1 Å². The highest BCUT2D eigenvalue weighted by molar-refractivity contribution is 7.93. The highest BCUT2D eigenvalue weighted by Gasteiger charge is 2.24. The van der Waals surface area contributed by atoms with E-state index in [1.165, 1.54) is 25.3 Å². The van der Waals surface area contributed by atoms with Gasteiger partial charge in [0.25, 0.3) is 15.7 Å². The third-order valence-corrected chi connectivity index (χ3v) is 6.04. The lowest BCUT2D eigenvalue weighted by atomic mass is 10.1. The van der Waals surface area contributed by atoms with Gasteiger partial charge >= 0.3 is 0 Å². The zero-order chi connectivity index (χ0) is 23.3. The zero-order valence-electron chi connectivity index (χ0n) is 17.7. The Morgan fingerprint density at radius 2 is 1.72 bits per heavy atom. The molecule has 32 heavy (non-hydrogen) atoms. The van der Waals surface area contributed by atoms with E-state index in [1.54, 1.807) is 25.1 Å². The summed E-state index contributed by atoms with van der Waals surface area (Å²) in [5.41, 5.74) is 5.21. The van der Waals surface area contributed by atoms with Gasteiger partial charge in [0.15, 0.2) is 0 Å². The molecule has 0 bridgehead atoms. The molecule has 0 saturated carbocycles. The lowest BCUT2D eigenvalue weighted by molar-refractivity contribution is -0.385. The van der Waals surface area contributed by atoms with Gasteiger partial charge in [0, 0.05) is 12.1 Å². The van der Waals surface area contributed by atoms with Gasteiger partial charge in [-0.2, -0.15) is 5.10 Å². The van der Waals surface area contributed by atoms with Crippen LogP contribution in [0.5, 0.6) is 5.75 Å². The zero-order valence-corrected chi connectivity index (χ0v) is 18.5. The smallest absolute Gasteiger partial charge is 0.270 e. The van der Waals surface area contributed by atoms with E-state index in [-0.39, 0.29) is 22.0 Å². The number of benzene rings is 3. The molecule has 10 heteroatoms. The van der Waals surface area contributed by atoms with Crippen LogP contribution < -0.4 is 14.9 Å². The summed E-state index contributed by atoms with van der Waals surface area (Å²) in [6, 6.07) is 17.6. The van der Waals surface area contributed by atoms with Crippen LogP contribution in [0.25, 0.3) is 0 Å². The van der Waals surface area contributed by atoms with Crippen LogP contribution in [0.3, 0.4) is 0 Å². The summed E-state index contributed by atoms with van der Waals surface area (Å²) in [5, 5.41) is 15.5. The number of ether oxygens (including phenoxy) is 1. The first-order chi connectivity index (χ1) is 15.2. The lowest BCUT2D eigenvalue weighted by Gasteiger charge is -2.14.